The minimum absolute atomic E-state index is 0.960. The Labute approximate surface area is 140 Å². The number of para-hydroxylation sites is 1. The van der Waals surface area contributed by atoms with Crippen molar-refractivity contribution in [2.75, 3.05) is 19.3 Å². The lowest BCUT2D eigenvalue weighted by Gasteiger charge is -2.14. The second kappa shape index (κ2) is 6.22. The first-order chi connectivity index (χ1) is 11.4. The van der Waals surface area contributed by atoms with Gasteiger partial charge in [-0.3, -0.25) is 0 Å². The van der Waals surface area contributed by atoms with Gasteiger partial charge in [0.05, 0.1) is 11.2 Å². The van der Waals surface area contributed by atoms with Crippen molar-refractivity contribution >= 4 is 28.2 Å². The van der Waals surface area contributed by atoms with Crippen molar-refractivity contribution in [3.05, 3.63) is 60.2 Å². The van der Waals surface area contributed by atoms with Crippen LogP contribution in [0.3, 0.4) is 0 Å². The number of hydrogen-bond donors (Lipinski definition) is 1. The van der Waals surface area contributed by atoms with Gasteiger partial charge in [-0.1, -0.05) is 30.3 Å². The molecule has 0 saturated heterocycles. The smallest absolute Gasteiger partial charge is 0.126 e. The predicted octanol–water partition coefficient (Wildman–Crippen LogP) is 4.12. The van der Waals surface area contributed by atoms with Gasteiger partial charge in [-0.25, -0.2) is 4.68 Å². The Morgan fingerprint density at radius 1 is 1.13 bits per heavy atom. The van der Waals surface area contributed by atoms with Crippen LogP contribution in [0.25, 0.3) is 22.2 Å². The maximum absolute atomic E-state index is 4.81. The molecule has 4 heteroatoms. The number of rotatable bonds is 3. The second-order valence-corrected chi connectivity index (χ2v) is 6.47. The Hall–Kier alpha value is -2.04. The SMILES string of the molecule is CSc1nn(-c2ccccc2)c2cc(C3=CCNCC3)ccc12. The largest absolute Gasteiger partial charge is 0.313 e. The number of benzene rings is 2. The van der Waals surface area contributed by atoms with Crippen LogP contribution in [0.1, 0.15) is 12.0 Å². The van der Waals surface area contributed by atoms with Crippen molar-refractivity contribution in [2.45, 2.75) is 11.4 Å². The molecule has 0 unspecified atom stereocenters. The summed E-state index contributed by atoms with van der Waals surface area (Å²) in [5.74, 6) is 0. The highest BCUT2D eigenvalue weighted by Gasteiger charge is 2.13. The summed E-state index contributed by atoms with van der Waals surface area (Å²) >= 11 is 1.70. The van der Waals surface area contributed by atoms with E-state index in [1.165, 1.54) is 22.0 Å². The number of nitrogens with one attached hydrogen (secondary N) is 1. The third-order valence-corrected chi connectivity index (χ3v) is 4.96. The molecule has 1 aromatic heterocycles. The van der Waals surface area contributed by atoms with Crippen molar-refractivity contribution in [2.24, 2.45) is 0 Å². The summed E-state index contributed by atoms with van der Waals surface area (Å²) < 4.78 is 2.06. The molecule has 2 aromatic carbocycles. The van der Waals surface area contributed by atoms with E-state index in [4.69, 9.17) is 5.10 Å². The lowest BCUT2D eigenvalue weighted by Crippen LogP contribution is -2.19. The molecule has 3 nitrogen and oxygen atoms in total. The fourth-order valence-electron chi connectivity index (χ4n) is 3.09. The number of fused-ring (bicyclic) bond motifs is 1. The summed E-state index contributed by atoms with van der Waals surface area (Å²) in [6.07, 6.45) is 5.46. The molecule has 3 aromatic rings. The highest BCUT2D eigenvalue weighted by Crippen LogP contribution is 2.31. The summed E-state index contributed by atoms with van der Waals surface area (Å²) in [6, 6.07) is 17.1. The first-order valence-electron chi connectivity index (χ1n) is 7.89. The maximum atomic E-state index is 4.81. The molecular formula is C19H19N3S. The quantitative estimate of drug-likeness (QED) is 0.736. The van der Waals surface area contributed by atoms with Gasteiger partial charge in [0.2, 0.25) is 0 Å². The van der Waals surface area contributed by atoms with E-state index in [9.17, 15) is 0 Å². The number of nitrogens with zero attached hydrogens (tertiary/aromatic N) is 2. The maximum Gasteiger partial charge on any atom is 0.126 e. The molecule has 0 saturated carbocycles. The van der Waals surface area contributed by atoms with Gasteiger partial charge in [0.15, 0.2) is 0 Å². The third kappa shape index (κ3) is 2.69. The average molecular weight is 321 g/mol. The zero-order valence-corrected chi connectivity index (χ0v) is 13.9. The molecule has 0 bridgehead atoms. The van der Waals surface area contributed by atoms with Crippen LogP contribution in [-0.4, -0.2) is 29.1 Å². The van der Waals surface area contributed by atoms with Gasteiger partial charge in [-0.2, -0.15) is 5.10 Å². The van der Waals surface area contributed by atoms with E-state index in [1.54, 1.807) is 11.8 Å². The molecule has 116 valence electrons. The van der Waals surface area contributed by atoms with Gasteiger partial charge >= 0.3 is 0 Å². The number of hydrogen-bond acceptors (Lipinski definition) is 3. The standard InChI is InChI=1S/C19H19N3S/c1-23-19-17-8-7-15(14-9-11-20-12-10-14)13-18(17)22(21-19)16-5-3-2-4-6-16/h2-9,13,20H,10-12H2,1H3. The topological polar surface area (TPSA) is 29.9 Å². The van der Waals surface area contributed by atoms with Crippen molar-refractivity contribution in [3.63, 3.8) is 0 Å². The van der Waals surface area contributed by atoms with Gasteiger partial charge < -0.3 is 5.32 Å². The highest BCUT2D eigenvalue weighted by molar-refractivity contribution is 7.98. The highest BCUT2D eigenvalue weighted by atomic mass is 32.2. The van der Waals surface area contributed by atoms with E-state index in [-0.39, 0.29) is 0 Å². The summed E-state index contributed by atoms with van der Waals surface area (Å²) in [6.45, 7) is 2.01. The molecule has 4 rings (SSSR count). The molecule has 0 radical (unpaired) electrons. The van der Waals surface area contributed by atoms with Crippen LogP contribution < -0.4 is 5.32 Å². The van der Waals surface area contributed by atoms with Gasteiger partial charge in [0, 0.05) is 11.9 Å². The van der Waals surface area contributed by atoms with Crippen LogP contribution in [0.15, 0.2) is 59.6 Å². The summed E-state index contributed by atoms with van der Waals surface area (Å²) in [5.41, 5.74) is 5.02. The minimum Gasteiger partial charge on any atom is -0.313 e. The molecule has 2 heterocycles. The van der Waals surface area contributed by atoms with Crippen LogP contribution in [0.4, 0.5) is 0 Å². The molecule has 0 fully saturated rings. The Morgan fingerprint density at radius 2 is 2.00 bits per heavy atom. The molecule has 23 heavy (non-hydrogen) atoms. The molecule has 1 aliphatic rings. The molecular weight excluding hydrogens is 302 g/mol. The van der Waals surface area contributed by atoms with E-state index in [0.29, 0.717) is 0 Å². The molecule has 0 atom stereocenters. The molecule has 1 aliphatic heterocycles. The van der Waals surface area contributed by atoms with E-state index >= 15 is 0 Å². The van der Waals surface area contributed by atoms with E-state index in [0.717, 1.165) is 30.2 Å². The Kier molecular flexibility index (Phi) is 3.93. The van der Waals surface area contributed by atoms with E-state index in [2.05, 4.69) is 64.8 Å². The average Bonchev–Trinajstić information content (AvgIpc) is 3.01. The lowest BCUT2D eigenvalue weighted by atomic mass is 9.99. The number of aromatic nitrogens is 2. The van der Waals surface area contributed by atoms with Crippen LogP contribution in [0.2, 0.25) is 0 Å². The zero-order chi connectivity index (χ0) is 15.6. The van der Waals surface area contributed by atoms with Crippen molar-refractivity contribution in [1.29, 1.82) is 0 Å². The summed E-state index contributed by atoms with van der Waals surface area (Å²) in [5, 5.41) is 10.5. The van der Waals surface area contributed by atoms with E-state index in [1.807, 2.05) is 6.07 Å². The molecule has 0 aliphatic carbocycles. The van der Waals surface area contributed by atoms with Crippen molar-refractivity contribution in [1.82, 2.24) is 15.1 Å². The fourth-order valence-corrected chi connectivity index (χ4v) is 3.64. The van der Waals surface area contributed by atoms with Gasteiger partial charge in [0.1, 0.15) is 5.03 Å². The molecule has 1 N–H and O–H groups in total. The van der Waals surface area contributed by atoms with Gasteiger partial charge in [-0.05, 0) is 54.6 Å². The number of thioether (sulfide) groups is 1. The third-order valence-electron chi connectivity index (χ3n) is 4.28. The summed E-state index contributed by atoms with van der Waals surface area (Å²) in [4.78, 5) is 0. The van der Waals surface area contributed by atoms with Crippen LogP contribution in [0, 0.1) is 0 Å². The van der Waals surface area contributed by atoms with Gasteiger partial charge in [0.25, 0.3) is 0 Å². The molecule has 0 spiro atoms. The molecule has 0 amide bonds. The van der Waals surface area contributed by atoms with Crippen LogP contribution >= 0.6 is 11.8 Å². The van der Waals surface area contributed by atoms with Crippen LogP contribution in [0.5, 0.6) is 0 Å². The van der Waals surface area contributed by atoms with Gasteiger partial charge in [-0.15, -0.1) is 11.8 Å². The fraction of sp³-hybridized carbons (Fsp3) is 0.211. The van der Waals surface area contributed by atoms with Crippen molar-refractivity contribution in [3.8, 4) is 5.69 Å². The first kappa shape index (κ1) is 14.5. The lowest BCUT2D eigenvalue weighted by molar-refractivity contribution is 0.738. The minimum atomic E-state index is 0.960. The van der Waals surface area contributed by atoms with E-state index < -0.39 is 0 Å². The van der Waals surface area contributed by atoms with Crippen LogP contribution in [-0.2, 0) is 0 Å². The summed E-state index contributed by atoms with van der Waals surface area (Å²) in [7, 11) is 0. The predicted molar refractivity (Wildman–Crippen MR) is 98.3 cm³/mol. The Morgan fingerprint density at radius 3 is 2.74 bits per heavy atom. The monoisotopic (exact) mass is 321 g/mol. The zero-order valence-electron chi connectivity index (χ0n) is 13.1. The normalized spacial score (nSPS) is 14.9. The second-order valence-electron chi connectivity index (χ2n) is 5.67. The Bertz CT molecular complexity index is 865. The Balaban J connectivity index is 1.90. The first-order valence-corrected chi connectivity index (χ1v) is 9.11. The van der Waals surface area contributed by atoms with Crippen molar-refractivity contribution < 1.29 is 0 Å².